The van der Waals surface area contributed by atoms with Crippen molar-refractivity contribution in [3.05, 3.63) is 35.2 Å². The summed E-state index contributed by atoms with van der Waals surface area (Å²) in [5.74, 6) is 1.99. The number of thioether (sulfide) groups is 1. The Hall–Kier alpha value is -1.82. The number of nitrogens with one attached hydrogen (secondary N) is 1. The second-order valence-electron chi connectivity index (χ2n) is 7.30. The molecule has 3 rings (SSSR count). The summed E-state index contributed by atoms with van der Waals surface area (Å²) in [4.78, 5) is 12.8. The first-order valence-electron chi connectivity index (χ1n) is 9.42. The van der Waals surface area contributed by atoms with E-state index in [0.717, 1.165) is 28.8 Å². The van der Waals surface area contributed by atoms with Crippen molar-refractivity contribution < 1.29 is 4.79 Å². The fraction of sp³-hybridized carbons (Fsp3) is 0.550. The van der Waals surface area contributed by atoms with Crippen LogP contribution in [0.1, 0.15) is 69.3 Å². The SMILES string of the molecule is CCn1c(S[C@@H](C)C(=O)Nc2c(C)cccc2C(C)C)nnc1C1CC1. The lowest BCUT2D eigenvalue weighted by Crippen LogP contribution is -2.24. The number of amides is 1. The highest BCUT2D eigenvalue weighted by molar-refractivity contribution is 8.00. The lowest BCUT2D eigenvalue weighted by molar-refractivity contribution is -0.115. The van der Waals surface area contributed by atoms with Gasteiger partial charge < -0.3 is 9.88 Å². The summed E-state index contributed by atoms with van der Waals surface area (Å²) in [7, 11) is 0. The van der Waals surface area contributed by atoms with E-state index < -0.39 is 0 Å². The molecule has 2 aromatic rings. The Labute approximate surface area is 160 Å². The van der Waals surface area contributed by atoms with Gasteiger partial charge in [0.15, 0.2) is 5.16 Å². The number of anilines is 1. The van der Waals surface area contributed by atoms with Gasteiger partial charge in [-0.25, -0.2) is 0 Å². The van der Waals surface area contributed by atoms with E-state index in [1.54, 1.807) is 0 Å². The summed E-state index contributed by atoms with van der Waals surface area (Å²) in [6.07, 6.45) is 2.40. The minimum Gasteiger partial charge on any atom is -0.325 e. The van der Waals surface area contributed by atoms with Crippen LogP contribution >= 0.6 is 11.8 Å². The van der Waals surface area contributed by atoms with Crippen LogP contribution in [0.25, 0.3) is 0 Å². The van der Waals surface area contributed by atoms with Crippen LogP contribution < -0.4 is 5.32 Å². The number of hydrogen-bond acceptors (Lipinski definition) is 4. The maximum absolute atomic E-state index is 12.8. The minimum atomic E-state index is -0.240. The van der Waals surface area contributed by atoms with Gasteiger partial charge in [-0.2, -0.15) is 0 Å². The van der Waals surface area contributed by atoms with Crippen molar-refractivity contribution in [2.75, 3.05) is 5.32 Å². The van der Waals surface area contributed by atoms with Gasteiger partial charge >= 0.3 is 0 Å². The molecule has 1 aromatic carbocycles. The molecule has 0 unspecified atom stereocenters. The Balaban J connectivity index is 1.73. The first-order chi connectivity index (χ1) is 12.4. The standard InChI is InChI=1S/C20H28N4OS/c1-6-24-18(15-10-11-15)22-23-20(24)26-14(5)19(25)21-17-13(4)8-7-9-16(17)12(2)3/h7-9,12,14-15H,6,10-11H2,1-5H3,(H,21,25)/t14-/m0/s1. The summed E-state index contributed by atoms with van der Waals surface area (Å²) in [5.41, 5.74) is 3.20. The number of carbonyl (C=O) groups excluding carboxylic acids is 1. The van der Waals surface area contributed by atoms with Crippen molar-refractivity contribution in [2.45, 2.75) is 76.2 Å². The van der Waals surface area contributed by atoms with E-state index in [4.69, 9.17) is 0 Å². The maximum Gasteiger partial charge on any atom is 0.237 e. The molecule has 1 N–H and O–H groups in total. The van der Waals surface area contributed by atoms with E-state index in [9.17, 15) is 4.79 Å². The summed E-state index contributed by atoms with van der Waals surface area (Å²) >= 11 is 1.49. The molecule has 1 fully saturated rings. The summed E-state index contributed by atoms with van der Waals surface area (Å²) in [6, 6.07) is 6.16. The summed E-state index contributed by atoms with van der Waals surface area (Å²) in [5, 5.41) is 12.4. The zero-order chi connectivity index (χ0) is 18.8. The maximum atomic E-state index is 12.8. The molecule has 1 amide bonds. The molecule has 0 radical (unpaired) electrons. The number of rotatable bonds is 7. The molecule has 1 aliphatic carbocycles. The number of benzene rings is 1. The lowest BCUT2D eigenvalue weighted by Gasteiger charge is -2.18. The van der Waals surface area contributed by atoms with Crippen molar-refractivity contribution in [2.24, 2.45) is 0 Å². The molecule has 1 aromatic heterocycles. The molecule has 1 atom stereocenters. The molecule has 5 nitrogen and oxygen atoms in total. The average Bonchev–Trinajstić information content (AvgIpc) is 3.37. The second kappa shape index (κ2) is 7.82. The molecule has 0 bridgehead atoms. The van der Waals surface area contributed by atoms with E-state index in [1.165, 1.54) is 30.2 Å². The Morgan fingerprint density at radius 2 is 2.04 bits per heavy atom. The number of para-hydroxylation sites is 1. The van der Waals surface area contributed by atoms with E-state index in [2.05, 4.69) is 46.9 Å². The fourth-order valence-corrected chi connectivity index (χ4v) is 4.03. The van der Waals surface area contributed by atoms with Crippen molar-refractivity contribution in [1.29, 1.82) is 0 Å². The monoisotopic (exact) mass is 372 g/mol. The van der Waals surface area contributed by atoms with Gasteiger partial charge in [0.2, 0.25) is 5.91 Å². The van der Waals surface area contributed by atoms with Crippen molar-refractivity contribution in [1.82, 2.24) is 14.8 Å². The van der Waals surface area contributed by atoms with Gasteiger partial charge in [-0.1, -0.05) is 43.8 Å². The van der Waals surface area contributed by atoms with Gasteiger partial charge in [-0.15, -0.1) is 10.2 Å². The van der Waals surface area contributed by atoms with Crippen LogP contribution in [0.3, 0.4) is 0 Å². The molecule has 6 heteroatoms. The largest absolute Gasteiger partial charge is 0.325 e. The van der Waals surface area contributed by atoms with Gasteiger partial charge in [0.05, 0.1) is 5.25 Å². The third-order valence-corrected chi connectivity index (χ3v) is 5.91. The first kappa shape index (κ1) is 19.0. The van der Waals surface area contributed by atoms with Crippen LogP contribution in [-0.2, 0) is 11.3 Å². The van der Waals surface area contributed by atoms with Crippen LogP contribution in [0.15, 0.2) is 23.4 Å². The third kappa shape index (κ3) is 3.95. The normalized spacial score (nSPS) is 15.3. The highest BCUT2D eigenvalue weighted by Crippen LogP contribution is 2.40. The molecular formula is C20H28N4OS. The Morgan fingerprint density at radius 1 is 1.31 bits per heavy atom. The molecule has 1 heterocycles. The predicted molar refractivity (Wildman–Crippen MR) is 107 cm³/mol. The van der Waals surface area contributed by atoms with Gasteiger partial charge in [-0.05, 0) is 50.7 Å². The van der Waals surface area contributed by atoms with Crippen molar-refractivity contribution in [3.63, 3.8) is 0 Å². The minimum absolute atomic E-state index is 0.00447. The molecular weight excluding hydrogens is 344 g/mol. The Kier molecular flexibility index (Phi) is 5.70. The Morgan fingerprint density at radius 3 is 2.65 bits per heavy atom. The molecule has 0 spiro atoms. The average molecular weight is 373 g/mol. The number of aryl methyl sites for hydroxylation is 1. The van der Waals surface area contributed by atoms with E-state index in [0.29, 0.717) is 11.8 Å². The molecule has 1 saturated carbocycles. The van der Waals surface area contributed by atoms with Crippen molar-refractivity contribution in [3.8, 4) is 0 Å². The summed E-state index contributed by atoms with van der Waals surface area (Å²) in [6.45, 7) is 11.2. The van der Waals surface area contributed by atoms with Crippen LogP contribution in [0.4, 0.5) is 5.69 Å². The van der Waals surface area contributed by atoms with E-state index >= 15 is 0 Å². The highest BCUT2D eigenvalue weighted by Gasteiger charge is 2.30. The molecule has 1 aliphatic rings. The number of carbonyl (C=O) groups is 1. The highest BCUT2D eigenvalue weighted by atomic mass is 32.2. The fourth-order valence-electron chi connectivity index (χ4n) is 3.11. The molecule has 26 heavy (non-hydrogen) atoms. The Bertz CT molecular complexity index is 795. The smallest absolute Gasteiger partial charge is 0.237 e. The van der Waals surface area contributed by atoms with Crippen LogP contribution in [0.5, 0.6) is 0 Å². The lowest BCUT2D eigenvalue weighted by atomic mass is 9.98. The van der Waals surface area contributed by atoms with Gasteiger partial charge in [0.1, 0.15) is 5.82 Å². The number of hydrogen-bond donors (Lipinski definition) is 1. The van der Waals surface area contributed by atoms with Crippen LogP contribution in [0, 0.1) is 6.92 Å². The molecule has 0 aliphatic heterocycles. The van der Waals surface area contributed by atoms with Gasteiger partial charge in [-0.3, -0.25) is 4.79 Å². The zero-order valence-electron chi connectivity index (χ0n) is 16.2. The van der Waals surface area contributed by atoms with Crippen LogP contribution in [-0.4, -0.2) is 25.9 Å². The zero-order valence-corrected chi connectivity index (χ0v) is 17.1. The predicted octanol–water partition coefficient (Wildman–Crippen LogP) is 4.73. The summed E-state index contributed by atoms with van der Waals surface area (Å²) < 4.78 is 2.15. The van der Waals surface area contributed by atoms with Crippen molar-refractivity contribution >= 4 is 23.4 Å². The van der Waals surface area contributed by atoms with Crippen LogP contribution in [0.2, 0.25) is 0 Å². The third-order valence-electron chi connectivity index (χ3n) is 4.83. The first-order valence-corrected chi connectivity index (χ1v) is 10.3. The topological polar surface area (TPSA) is 59.8 Å². The second-order valence-corrected chi connectivity index (χ2v) is 8.61. The molecule has 0 saturated heterocycles. The van der Waals surface area contributed by atoms with Gasteiger partial charge in [0, 0.05) is 18.2 Å². The van der Waals surface area contributed by atoms with E-state index in [1.807, 2.05) is 26.0 Å². The number of aromatic nitrogens is 3. The number of nitrogens with zero attached hydrogens (tertiary/aromatic N) is 3. The quantitative estimate of drug-likeness (QED) is 0.714. The molecule has 140 valence electrons. The van der Waals surface area contributed by atoms with E-state index in [-0.39, 0.29) is 11.2 Å². The van der Waals surface area contributed by atoms with Gasteiger partial charge in [0.25, 0.3) is 0 Å².